The van der Waals surface area contributed by atoms with E-state index in [1.54, 1.807) is 7.11 Å². The van der Waals surface area contributed by atoms with Crippen LogP contribution in [0.25, 0.3) is 0 Å². The molecule has 0 spiro atoms. The van der Waals surface area contributed by atoms with Crippen molar-refractivity contribution in [3.8, 4) is 0 Å². The largest absolute Gasteiger partial charge is 0.396 e. The third-order valence-corrected chi connectivity index (χ3v) is 4.81. The van der Waals surface area contributed by atoms with E-state index >= 15 is 0 Å². The Labute approximate surface area is 118 Å². The quantitative estimate of drug-likeness (QED) is 0.723. The Morgan fingerprint density at radius 2 is 1.74 bits per heavy atom. The summed E-state index contributed by atoms with van der Waals surface area (Å²) in [6.07, 6.45) is 5.73. The highest BCUT2D eigenvalue weighted by Crippen LogP contribution is 2.46. The fraction of sp³-hybridized carbons (Fsp3) is 1.00. The first kappa shape index (κ1) is 16.9. The minimum Gasteiger partial charge on any atom is -0.396 e. The topological polar surface area (TPSA) is 38.7 Å². The standard InChI is InChI=1S/C16H32O3/c1-15(2,3)14-5-7-16(13-17,8-6-14)9-10-19-12-11-18-4/h14,17H,5-13H2,1-4H3. The second-order valence-electron chi connectivity index (χ2n) is 7.15. The smallest absolute Gasteiger partial charge is 0.0700 e. The highest BCUT2D eigenvalue weighted by molar-refractivity contribution is 4.88. The lowest BCUT2D eigenvalue weighted by Gasteiger charge is -2.43. The van der Waals surface area contributed by atoms with Gasteiger partial charge in [0.15, 0.2) is 0 Å². The van der Waals surface area contributed by atoms with Crippen LogP contribution < -0.4 is 0 Å². The van der Waals surface area contributed by atoms with Gasteiger partial charge in [0.1, 0.15) is 0 Å². The first-order valence-corrected chi connectivity index (χ1v) is 7.61. The Hall–Kier alpha value is -0.120. The Kier molecular flexibility index (Phi) is 6.78. The van der Waals surface area contributed by atoms with Gasteiger partial charge in [0.25, 0.3) is 0 Å². The molecule has 1 saturated carbocycles. The number of ether oxygens (including phenoxy) is 2. The first-order valence-electron chi connectivity index (χ1n) is 7.61. The number of methoxy groups -OCH3 is 1. The third kappa shape index (κ3) is 5.41. The normalized spacial score (nSPS) is 28.6. The lowest BCUT2D eigenvalue weighted by atomic mass is 9.63. The molecule has 1 aliphatic rings. The highest BCUT2D eigenvalue weighted by Gasteiger charge is 2.38. The molecule has 0 atom stereocenters. The van der Waals surface area contributed by atoms with E-state index in [-0.39, 0.29) is 5.41 Å². The van der Waals surface area contributed by atoms with Crippen LogP contribution in [-0.2, 0) is 9.47 Å². The van der Waals surface area contributed by atoms with Gasteiger partial charge in [0.05, 0.1) is 13.2 Å². The van der Waals surface area contributed by atoms with Crippen LogP contribution in [0.1, 0.15) is 52.9 Å². The summed E-state index contributed by atoms with van der Waals surface area (Å²) in [5, 5.41) is 9.75. The second-order valence-corrected chi connectivity index (χ2v) is 7.15. The molecule has 114 valence electrons. The Balaban J connectivity index is 2.34. The predicted molar refractivity (Wildman–Crippen MR) is 78.2 cm³/mol. The molecule has 0 aromatic heterocycles. The summed E-state index contributed by atoms with van der Waals surface area (Å²) < 4.78 is 10.5. The zero-order valence-corrected chi connectivity index (χ0v) is 13.2. The molecular formula is C16H32O3. The maximum atomic E-state index is 9.75. The molecule has 0 heterocycles. The van der Waals surface area contributed by atoms with Crippen LogP contribution in [0.4, 0.5) is 0 Å². The van der Waals surface area contributed by atoms with E-state index in [9.17, 15) is 5.11 Å². The van der Waals surface area contributed by atoms with Gasteiger partial charge in [-0.3, -0.25) is 0 Å². The van der Waals surface area contributed by atoms with E-state index < -0.39 is 0 Å². The van der Waals surface area contributed by atoms with Gasteiger partial charge in [-0.2, -0.15) is 0 Å². The molecule has 1 rings (SSSR count). The van der Waals surface area contributed by atoms with Crippen molar-refractivity contribution in [2.45, 2.75) is 52.9 Å². The summed E-state index contributed by atoms with van der Waals surface area (Å²) in [5.41, 5.74) is 0.505. The van der Waals surface area contributed by atoms with Crippen molar-refractivity contribution >= 4 is 0 Å². The first-order chi connectivity index (χ1) is 8.93. The average molecular weight is 272 g/mol. The van der Waals surface area contributed by atoms with Gasteiger partial charge < -0.3 is 14.6 Å². The van der Waals surface area contributed by atoms with Crippen LogP contribution in [0.2, 0.25) is 0 Å². The van der Waals surface area contributed by atoms with E-state index in [0.717, 1.165) is 31.8 Å². The monoisotopic (exact) mass is 272 g/mol. The summed E-state index contributed by atoms with van der Waals surface area (Å²) in [4.78, 5) is 0. The Bertz CT molecular complexity index is 237. The molecule has 0 aromatic rings. The summed E-state index contributed by atoms with van der Waals surface area (Å²) in [6, 6.07) is 0. The number of hydrogen-bond acceptors (Lipinski definition) is 3. The molecule has 0 aromatic carbocycles. The van der Waals surface area contributed by atoms with Gasteiger partial charge in [-0.05, 0) is 48.9 Å². The Morgan fingerprint density at radius 3 is 2.21 bits per heavy atom. The van der Waals surface area contributed by atoms with Crippen LogP contribution in [0.3, 0.4) is 0 Å². The van der Waals surface area contributed by atoms with Crippen molar-refractivity contribution in [3.05, 3.63) is 0 Å². The number of hydrogen-bond donors (Lipinski definition) is 1. The van der Waals surface area contributed by atoms with Crippen molar-refractivity contribution in [3.63, 3.8) is 0 Å². The summed E-state index contributed by atoms with van der Waals surface area (Å²) in [5.74, 6) is 0.793. The summed E-state index contributed by atoms with van der Waals surface area (Å²) >= 11 is 0. The summed E-state index contributed by atoms with van der Waals surface area (Å²) in [7, 11) is 1.69. The molecule has 19 heavy (non-hydrogen) atoms. The second kappa shape index (κ2) is 7.61. The zero-order valence-electron chi connectivity index (χ0n) is 13.2. The average Bonchev–Trinajstić information content (AvgIpc) is 2.38. The van der Waals surface area contributed by atoms with E-state index in [0.29, 0.717) is 25.2 Å². The Morgan fingerprint density at radius 1 is 1.11 bits per heavy atom. The van der Waals surface area contributed by atoms with Crippen LogP contribution in [0.5, 0.6) is 0 Å². The van der Waals surface area contributed by atoms with E-state index in [1.165, 1.54) is 12.8 Å². The van der Waals surface area contributed by atoms with Crippen molar-refractivity contribution < 1.29 is 14.6 Å². The molecule has 1 fully saturated rings. The molecule has 0 unspecified atom stereocenters. The van der Waals surface area contributed by atoms with Gasteiger partial charge in [-0.1, -0.05) is 20.8 Å². The minimum absolute atomic E-state index is 0.106. The number of aliphatic hydroxyl groups is 1. The summed E-state index contributed by atoms with van der Waals surface area (Å²) in [6.45, 7) is 9.34. The molecule has 0 radical (unpaired) electrons. The van der Waals surface area contributed by atoms with E-state index in [1.807, 2.05) is 0 Å². The molecule has 3 nitrogen and oxygen atoms in total. The molecule has 0 amide bonds. The van der Waals surface area contributed by atoms with Crippen LogP contribution in [-0.4, -0.2) is 38.6 Å². The molecule has 1 aliphatic carbocycles. The lowest BCUT2D eigenvalue weighted by Crippen LogP contribution is -2.36. The van der Waals surface area contributed by atoms with Gasteiger partial charge in [-0.15, -0.1) is 0 Å². The SMILES string of the molecule is COCCOCCC1(CO)CCC(C(C)(C)C)CC1. The van der Waals surface area contributed by atoms with Crippen LogP contribution in [0.15, 0.2) is 0 Å². The molecule has 3 heteroatoms. The minimum atomic E-state index is 0.106. The van der Waals surface area contributed by atoms with E-state index in [2.05, 4.69) is 20.8 Å². The zero-order chi connectivity index (χ0) is 14.4. The van der Waals surface area contributed by atoms with E-state index in [4.69, 9.17) is 9.47 Å². The van der Waals surface area contributed by atoms with Gasteiger partial charge in [0, 0.05) is 20.3 Å². The molecular weight excluding hydrogens is 240 g/mol. The van der Waals surface area contributed by atoms with Gasteiger partial charge in [-0.25, -0.2) is 0 Å². The van der Waals surface area contributed by atoms with Gasteiger partial charge >= 0.3 is 0 Å². The predicted octanol–water partition coefficient (Wildman–Crippen LogP) is 3.25. The van der Waals surface area contributed by atoms with Gasteiger partial charge in [0.2, 0.25) is 0 Å². The van der Waals surface area contributed by atoms with Crippen LogP contribution >= 0.6 is 0 Å². The molecule has 0 aliphatic heterocycles. The maximum Gasteiger partial charge on any atom is 0.0700 e. The third-order valence-electron chi connectivity index (χ3n) is 4.81. The number of aliphatic hydroxyl groups excluding tert-OH is 1. The highest BCUT2D eigenvalue weighted by atomic mass is 16.5. The number of rotatable bonds is 7. The van der Waals surface area contributed by atoms with Crippen molar-refractivity contribution in [1.82, 2.24) is 0 Å². The fourth-order valence-electron chi connectivity index (χ4n) is 3.12. The van der Waals surface area contributed by atoms with Crippen molar-refractivity contribution in [2.24, 2.45) is 16.7 Å². The molecule has 1 N–H and O–H groups in total. The fourth-order valence-corrected chi connectivity index (χ4v) is 3.12. The maximum absolute atomic E-state index is 9.75. The van der Waals surface area contributed by atoms with Crippen LogP contribution in [0, 0.1) is 16.7 Å². The lowest BCUT2D eigenvalue weighted by molar-refractivity contribution is -0.00274. The molecule has 0 bridgehead atoms. The van der Waals surface area contributed by atoms with Crippen molar-refractivity contribution in [1.29, 1.82) is 0 Å². The molecule has 0 saturated heterocycles. The van der Waals surface area contributed by atoms with Crippen molar-refractivity contribution in [2.75, 3.05) is 33.5 Å².